The second-order valence-corrected chi connectivity index (χ2v) is 5.45. The first-order chi connectivity index (χ1) is 9.25. The maximum absolute atomic E-state index is 13.0. The molecule has 0 spiro atoms. The zero-order valence-corrected chi connectivity index (χ0v) is 12.2. The lowest BCUT2D eigenvalue weighted by Crippen LogP contribution is -2.53. The van der Waals surface area contributed by atoms with Crippen LogP contribution in [0.3, 0.4) is 0 Å². The van der Waals surface area contributed by atoms with Crippen molar-refractivity contribution in [2.24, 2.45) is 5.92 Å². The highest BCUT2D eigenvalue weighted by atomic mass is 35.5. The predicted octanol–water partition coefficient (Wildman–Crippen LogP) is 2.52. The molecule has 0 bridgehead atoms. The molecule has 2 heterocycles. The van der Waals surface area contributed by atoms with Crippen LogP contribution in [0.25, 0.3) is 0 Å². The SMILES string of the molecule is Cl.O=C(C1CNC1)N1CCCCC1c1ccc(F)cc1. The molecule has 1 aromatic carbocycles. The van der Waals surface area contributed by atoms with E-state index < -0.39 is 0 Å². The van der Waals surface area contributed by atoms with Crippen LogP contribution < -0.4 is 5.32 Å². The van der Waals surface area contributed by atoms with Gasteiger partial charge in [-0.15, -0.1) is 12.4 Å². The van der Waals surface area contributed by atoms with Crippen molar-refractivity contribution in [3.63, 3.8) is 0 Å². The maximum atomic E-state index is 13.0. The van der Waals surface area contributed by atoms with Gasteiger partial charge in [0.2, 0.25) is 5.91 Å². The number of piperidine rings is 1. The molecule has 0 saturated carbocycles. The number of halogens is 2. The number of hydrogen-bond acceptors (Lipinski definition) is 2. The van der Waals surface area contributed by atoms with E-state index in [1.54, 1.807) is 0 Å². The van der Waals surface area contributed by atoms with Gasteiger partial charge in [0.25, 0.3) is 0 Å². The Kier molecular flexibility index (Phi) is 5.00. The number of nitrogens with zero attached hydrogens (tertiary/aromatic N) is 1. The summed E-state index contributed by atoms with van der Waals surface area (Å²) in [7, 11) is 0. The van der Waals surface area contributed by atoms with E-state index in [0.717, 1.165) is 44.5 Å². The van der Waals surface area contributed by atoms with Crippen LogP contribution in [0.4, 0.5) is 4.39 Å². The van der Waals surface area contributed by atoms with Crippen molar-refractivity contribution in [3.05, 3.63) is 35.6 Å². The minimum Gasteiger partial charge on any atom is -0.335 e. The van der Waals surface area contributed by atoms with Crippen LogP contribution in [-0.2, 0) is 4.79 Å². The number of benzene rings is 1. The number of carbonyl (C=O) groups is 1. The summed E-state index contributed by atoms with van der Waals surface area (Å²) in [5, 5.41) is 3.15. The third kappa shape index (κ3) is 2.96. The third-order valence-electron chi connectivity index (χ3n) is 4.17. The summed E-state index contributed by atoms with van der Waals surface area (Å²) in [6.45, 7) is 2.42. The van der Waals surface area contributed by atoms with Crippen LogP contribution in [0, 0.1) is 11.7 Å². The average molecular weight is 299 g/mol. The molecule has 1 atom stereocenters. The van der Waals surface area contributed by atoms with E-state index in [-0.39, 0.29) is 36.1 Å². The second-order valence-electron chi connectivity index (χ2n) is 5.45. The summed E-state index contributed by atoms with van der Waals surface area (Å²) in [5.41, 5.74) is 1.06. The normalized spacial score (nSPS) is 22.9. The zero-order chi connectivity index (χ0) is 13.2. The lowest BCUT2D eigenvalue weighted by Gasteiger charge is -2.40. The largest absolute Gasteiger partial charge is 0.335 e. The molecule has 2 aliphatic rings. The fourth-order valence-electron chi connectivity index (χ4n) is 2.92. The Morgan fingerprint density at radius 2 is 1.90 bits per heavy atom. The van der Waals surface area contributed by atoms with Crippen molar-refractivity contribution in [1.82, 2.24) is 10.2 Å². The van der Waals surface area contributed by atoms with Crippen LogP contribution in [0.1, 0.15) is 30.9 Å². The first-order valence-electron chi connectivity index (χ1n) is 7.02. The molecule has 5 heteroatoms. The van der Waals surface area contributed by atoms with Gasteiger partial charge in [-0.3, -0.25) is 4.79 Å². The number of likely N-dealkylation sites (tertiary alicyclic amines) is 1. The van der Waals surface area contributed by atoms with Gasteiger partial charge in [-0.2, -0.15) is 0 Å². The topological polar surface area (TPSA) is 32.3 Å². The zero-order valence-electron chi connectivity index (χ0n) is 11.3. The molecule has 0 aliphatic carbocycles. The van der Waals surface area contributed by atoms with Gasteiger partial charge in [-0.25, -0.2) is 4.39 Å². The lowest BCUT2D eigenvalue weighted by molar-refractivity contribution is -0.141. The number of carbonyl (C=O) groups excluding carboxylic acids is 1. The molecule has 1 aromatic rings. The second kappa shape index (κ2) is 6.55. The minimum absolute atomic E-state index is 0. The van der Waals surface area contributed by atoms with E-state index >= 15 is 0 Å². The van der Waals surface area contributed by atoms with Crippen LogP contribution in [0.15, 0.2) is 24.3 Å². The van der Waals surface area contributed by atoms with Crippen molar-refractivity contribution in [2.75, 3.05) is 19.6 Å². The summed E-state index contributed by atoms with van der Waals surface area (Å²) in [5.74, 6) is 0.175. The fraction of sp³-hybridized carbons (Fsp3) is 0.533. The molecule has 2 aliphatic heterocycles. The number of nitrogens with one attached hydrogen (secondary N) is 1. The standard InChI is InChI=1S/C15H19FN2O.ClH/c16-13-6-4-11(5-7-13)14-3-1-2-8-18(14)15(19)12-9-17-10-12;/h4-7,12,14,17H,1-3,8-10H2;1H. The molecule has 20 heavy (non-hydrogen) atoms. The Morgan fingerprint density at radius 1 is 1.20 bits per heavy atom. The van der Waals surface area contributed by atoms with Crippen LogP contribution >= 0.6 is 12.4 Å². The Labute approximate surface area is 124 Å². The lowest BCUT2D eigenvalue weighted by atomic mass is 9.92. The quantitative estimate of drug-likeness (QED) is 0.910. The molecule has 2 saturated heterocycles. The first-order valence-corrected chi connectivity index (χ1v) is 7.02. The Morgan fingerprint density at radius 3 is 2.50 bits per heavy atom. The molecule has 2 fully saturated rings. The highest BCUT2D eigenvalue weighted by molar-refractivity contribution is 5.85. The van der Waals surface area contributed by atoms with Gasteiger partial charge in [-0.05, 0) is 37.0 Å². The molecule has 0 radical (unpaired) electrons. The van der Waals surface area contributed by atoms with Gasteiger partial charge in [0.15, 0.2) is 0 Å². The summed E-state index contributed by atoms with van der Waals surface area (Å²) < 4.78 is 13.0. The summed E-state index contributed by atoms with van der Waals surface area (Å²) in [6.07, 6.45) is 3.19. The van der Waals surface area contributed by atoms with E-state index in [4.69, 9.17) is 0 Å². The van der Waals surface area contributed by atoms with Crippen molar-refractivity contribution in [3.8, 4) is 0 Å². The molecule has 1 unspecified atom stereocenters. The fourth-order valence-corrected chi connectivity index (χ4v) is 2.92. The van der Waals surface area contributed by atoms with E-state index in [9.17, 15) is 9.18 Å². The Balaban J connectivity index is 0.00000147. The van der Waals surface area contributed by atoms with Gasteiger partial charge in [0.05, 0.1) is 12.0 Å². The summed E-state index contributed by atoms with van der Waals surface area (Å²) in [4.78, 5) is 14.4. The van der Waals surface area contributed by atoms with E-state index in [2.05, 4.69) is 5.32 Å². The first kappa shape index (κ1) is 15.3. The molecule has 1 N–H and O–H groups in total. The molecule has 1 amide bonds. The summed E-state index contributed by atoms with van der Waals surface area (Å²) >= 11 is 0. The maximum Gasteiger partial charge on any atom is 0.228 e. The van der Waals surface area contributed by atoms with E-state index in [1.807, 2.05) is 17.0 Å². The van der Waals surface area contributed by atoms with Gasteiger partial charge >= 0.3 is 0 Å². The van der Waals surface area contributed by atoms with E-state index in [1.165, 1.54) is 12.1 Å². The number of rotatable bonds is 2. The Bertz CT molecular complexity index is 461. The van der Waals surface area contributed by atoms with Crippen molar-refractivity contribution in [1.29, 1.82) is 0 Å². The molecule has 110 valence electrons. The molecular formula is C15H20ClFN2O. The van der Waals surface area contributed by atoms with Crippen molar-refractivity contribution in [2.45, 2.75) is 25.3 Å². The van der Waals surface area contributed by atoms with Gasteiger partial charge in [0, 0.05) is 19.6 Å². The van der Waals surface area contributed by atoms with Crippen LogP contribution in [-0.4, -0.2) is 30.4 Å². The molecule has 3 nitrogen and oxygen atoms in total. The molecular weight excluding hydrogens is 279 g/mol. The highest BCUT2D eigenvalue weighted by Crippen LogP contribution is 2.32. The van der Waals surface area contributed by atoms with Gasteiger partial charge < -0.3 is 10.2 Å². The van der Waals surface area contributed by atoms with Crippen molar-refractivity contribution < 1.29 is 9.18 Å². The van der Waals surface area contributed by atoms with Crippen LogP contribution in [0.2, 0.25) is 0 Å². The minimum atomic E-state index is -0.222. The van der Waals surface area contributed by atoms with Gasteiger partial charge in [0.1, 0.15) is 5.82 Å². The number of hydrogen-bond donors (Lipinski definition) is 1. The Hall–Kier alpha value is -1.13. The summed E-state index contributed by atoms with van der Waals surface area (Å²) in [6, 6.07) is 6.71. The third-order valence-corrected chi connectivity index (χ3v) is 4.17. The highest BCUT2D eigenvalue weighted by Gasteiger charge is 2.34. The van der Waals surface area contributed by atoms with Gasteiger partial charge in [-0.1, -0.05) is 12.1 Å². The predicted molar refractivity (Wildman–Crippen MR) is 78.3 cm³/mol. The smallest absolute Gasteiger partial charge is 0.228 e. The molecule has 3 rings (SSSR count). The van der Waals surface area contributed by atoms with Crippen LogP contribution in [0.5, 0.6) is 0 Å². The van der Waals surface area contributed by atoms with E-state index in [0.29, 0.717) is 0 Å². The average Bonchev–Trinajstić information content (AvgIpc) is 2.37. The molecule has 0 aromatic heterocycles. The van der Waals surface area contributed by atoms with Crippen molar-refractivity contribution >= 4 is 18.3 Å². The number of amides is 1. The monoisotopic (exact) mass is 298 g/mol.